The maximum Gasteiger partial charge on any atom is 0.276 e. The van der Waals surface area contributed by atoms with Gasteiger partial charge in [0.2, 0.25) is 0 Å². The number of methoxy groups -OCH3 is 1. The van der Waals surface area contributed by atoms with Crippen molar-refractivity contribution >= 4 is 5.91 Å². The van der Waals surface area contributed by atoms with Gasteiger partial charge in [0.15, 0.2) is 5.69 Å². The number of carbonyl (C=O) groups excluding carboxylic acids is 1. The number of hydrogen-bond donors (Lipinski definition) is 1. The van der Waals surface area contributed by atoms with Crippen LogP contribution in [0.5, 0.6) is 0 Å². The number of ether oxygens (including phenoxy) is 1. The molecular weight excluding hydrogens is 336 g/mol. The maximum absolute atomic E-state index is 13.0. The monoisotopic (exact) mass is 360 g/mol. The van der Waals surface area contributed by atoms with Crippen molar-refractivity contribution in [2.24, 2.45) is 0 Å². The number of piperidine rings is 1. The molecule has 3 rings (SSSR count). The first-order chi connectivity index (χ1) is 12.5. The van der Waals surface area contributed by atoms with Crippen molar-refractivity contribution in [3.8, 4) is 0 Å². The standard InChI is InChI=1S/C18H24N4O4/c1-11-15(10-25-3)17(21-26-11)18(24)22-6-4-5-13(8-22)16-14(9-23)7-19-12(2)20-16/h7,13,23H,4-6,8-10H2,1-3H3. The Morgan fingerprint density at radius 3 is 3.00 bits per heavy atom. The number of nitrogens with zero attached hydrogens (tertiary/aromatic N) is 4. The Hall–Kier alpha value is -2.32. The van der Waals surface area contributed by atoms with Gasteiger partial charge in [-0.2, -0.15) is 0 Å². The molecule has 1 aliphatic rings. The summed E-state index contributed by atoms with van der Waals surface area (Å²) >= 11 is 0. The summed E-state index contributed by atoms with van der Waals surface area (Å²) in [6, 6.07) is 0. The molecule has 1 amide bonds. The molecular formula is C18H24N4O4. The zero-order valence-corrected chi connectivity index (χ0v) is 15.4. The lowest BCUT2D eigenvalue weighted by atomic mass is 9.91. The van der Waals surface area contributed by atoms with Crippen LogP contribution in [0, 0.1) is 13.8 Å². The molecule has 1 unspecified atom stereocenters. The predicted molar refractivity (Wildman–Crippen MR) is 92.5 cm³/mol. The third kappa shape index (κ3) is 3.61. The molecule has 1 N–H and O–H groups in total. The van der Waals surface area contributed by atoms with E-state index in [1.165, 1.54) is 0 Å². The quantitative estimate of drug-likeness (QED) is 0.866. The molecule has 0 spiro atoms. The Morgan fingerprint density at radius 1 is 1.46 bits per heavy atom. The normalized spacial score (nSPS) is 17.5. The molecule has 3 heterocycles. The summed E-state index contributed by atoms with van der Waals surface area (Å²) in [7, 11) is 1.57. The van der Waals surface area contributed by atoms with Crippen LogP contribution >= 0.6 is 0 Å². The number of aliphatic hydroxyl groups is 1. The summed E-state index contributed by atoms with van der Waals surface area (Å²) in [5.74, 6) is 1.17. The number of aromatic nitrogens is 3. The Kier molecular flexibility index (Phi) is 5.63. The largest absolute Gasteiger partial charge is 0.392 e. The summed E-state index contributed by atoms with van der Waals surface area (Å²) in [6.07, 6.45) is 3.44. The van der Waals surface area contributed by atoms with Gasteiger partial charge in [0, 0.05) is 37.9 Å². The molecule has 8 nitrogen and oxygen atoms in total. The van der Waals surface area contributed by atoms with Gasteiger partial charge in [-0.05, 0) is 26.7 Å². The van der Waals surface area contributed by atoms with Gasteiger partial charge in [0.1, 0.15) is 11.6 Å². The third-order valence-corrected chi connectivity index (χ3v) is 4.76. The van der Waals surface area contributed by atoms with Crippen molar-refractivity contribution in [2.75, 3.05) is 20.2 Å². The number of rotatable bonds is 5. The molecule has 0 bridgehead atoms. The highest BCUT2D eigenvalue weighted by Crippen LogP contribution is 2.29. The topological polar surface area (TPSA) is 102 Å². The van der Waals surface area contributed by atoms with Gasteiger partial charge in [-0.25, -0.2) is 9.97 Å². The Balaban J connectivity index is 1.83. The highest BCUT2D eigenvalue weighted by molar-refractivity contribution is 5.93. The highest BCUT2D eigenvalue weighted by atomic mass is 16.5. The molecule has 26 heavy (non-hydrogen) atoms. The summed E-state index contributed by atoms with van der Waals surface area (Å²) < 4.78 is 10.4. The second-order valence-electron chi connectivity index (χ2n) is 6.58. The number of carbonyl (C=O) groups is 1. The lowest BCUT2D eigenvalue weighted by Gasteiger charge is -2.32. The molecule has 8 heteroatoms. The molecule has 1 fully saturated rings. The van der Waals surface area contributed by atoms with Crippen LogP contribution in [-0.4, -0.2) is 51.2 Å². The zero-order valence-electron chi connectivity index (χ0n) is 15.4. The van der Waals surface area contributed by atoms with Gasteiger partial charge >= 0.3 is 0 Å². The number of likely N-dealkylation sites (tertiary alicyclic amines) is 1. The van der Waals surface area contributed by atoms with Crippen LogP contribution in [0.25, 0.3) is 0 Å². The van der Waals surface area contributed by atoms with Gasteiger partial charge in [-0.15, -0.1) is 0 Å². The number of amides is 1. The summed E-state index contributed by atoms with van der Waals surface area (Å²) in [5, 5.41) is 13.5. The van der Waals surface area contributed by atoms with Crippen molar-refractivity contribution in [3.05, 3.63) is 40.3 Å². The van der Waals surface area contributed by atoms with Gasteiger partial charge in [0.25, 0.3) is 5.91 Å². The first kappa shape index (κ1) is 18.5. The minimum atomic E-state index is -0.157. The zero-order chi connectivity index (χ0) is 18.7. The molecule has 0 radical (unpaired) electrons. The number of aliphatic hydroxyl groups excluding tert-OH is 1. The molecule has 0 aromatic carbocycles. The SMILES string of the molecule is COCc1c(C(=O)N2CCCC(c3nc(C)ncc3CO)C2)noc1C. The van der Waals surface area contributed by atoms with Crippen LogP contribution in [-0.2, 0) is 18.0 Å². The lowest BCUT2D eigenvalue weighted by Crippen LogP contribution is -2.40. The van der Waals surface area contributed by atoms with Crippen LogP contribution in [0.3, 0.4) is 0 Å². The van der Waals surface area contributed by atoms with Crippen LogP contribution in [0.4, 0.5) is 0 Å². The highest BCUT2D eigenvalue weighted by Gasteiger charge is 2.31. The van der Waals surface area contributed by atoms with E-state index in [1.807, 2.05) is 6.92 Å². The smallest absolute Gasteiger partial charge is 0.276 e. The van der Waals surface area contributed by atoms with Gasteiger partial charge in [-0.3, -0.25) is 4.79 Å². The summed E-state index contributed by atoms with van der Waals surface area (Å²) in [4.78, 5) is 23.4. The Morgan fingerprint density at radius 2 is 2.27 bits per heavy atom. The molecule has 1 aliphatic heterocycles. The van der Waals surface area contributed by atoms with E-state index >= 15 is 0 Å². The van der Waals surface area contributed by atoms with Crippen molar-refractivity contribution in [2.45, 2.75) is 45.8 Å². The molecule has 2 aromatic heterocycles. The van der Waals surface area contributed by atoms with Crippen molar-refractivity contribution in [3.63, 3.8) is 0 Å². The fourth-order valence-corrected chi connectivity index (χ4v) is 3.40. The van der Waals surface area contributed by atoms with E-state index in [2.05, 4.69) is 15.1 Å². The van der Waals surface area contributed by atoms with E-state index in [-0.39, 0.29) is 25.0 Å². The van der Waals surface area contributed by atoms with Crippen molar-refractivity contribution in [1.29, 1.82) is 0 Å². The van der Waals surface area contributed by atoms with Crippen LogP contribution < -0.4 is 0 Å². The first-order valence-corrected chi connectivity index (χ1v) is 8.71. The average Bonchev–Trinajstić information content (AvgIpc) is 3.02. The predicted octanol–water partition coefficient (Wildman–Crippen LogP) is 1.74. The molecule has 2 aromatic rings. The molecule has 0 saturated carbocycles. The fourth-order valence-electron chi connectivity index (χ4n) is 3.40. The fraction of sp³-hybridized carbons (Fsp3) is 0.556. The number of hydrogen-bond acceptors (Lipinski definition) is 7. The van der Waals surface area contributed by atoms with Crippen LogP contribution in [0.15, 0.2) is 10.7 Å². The minimum Gasteiger partial charge on any atom is -0.392 e. The van der Waals surface area contributed by atoms with Gasteiger partial charge in [0.05, 0.1) is 24.5 Å². The van der Waals surface area contributed by atoms with E-state index < -0.39 is 0 Å². The minimum absolute atomic E-state index is 0.0652. The first-order valence-electron chi connectivity index (χ1n) is 8.71. The second-order valence-corrected chi connectivity index (χ2v) is 6.58. The van der Waals surface area contributed by atoms with Gasteiger partial charge < -0.3 is 19.3 Å². The van der Waals surface area contributed by atoms with E-state index in [4.69, 9.17) is 9.26 Å². The molecule has 1 saturated heterocycles. The average molecular weight is 360 g/mol. The molecule has 0 aliphatic carbocycles. The van der Waals surface area contributed by atoms with Crippen molar-refractivity contribution in [1.82, 2.24) is 20.0 Å². The van der Waals surface area contributed by atoms with E-state index in [0.717, 1.165) is 18.5 Å². The van der Waals surface area contributed by atoms with Crippen LogP contribution in [0.1, 0.15) is 57.7 Å². The van der Waals surface area contributed by atoms with Crippen LogP contribution in [0.2, 0.25) is 0 Å². The summed E-state index contributed by atoms with van der Waals surface area (Å²) in [6.45, 7) is 4.96. The Labute approximate surface area is 152 Å². The lowest BCUT2D eigenvalue weighted by molar-refractivity contribution is 0.0690. The van der Waals surface area contributed by atoms with E-state index in [9.17, 15) is 9.90 Å². The van der Waals surface area contributed by atoms with E-state index in [0.29, 0.717) is 41.5 Å². The maximum atomic E-state index is 13.0. The molecule has 1 atom stereocenters. The number of aryl methyl sites for hydroxylation is 2. The Bertz CT molecular complexity index is 789. The second kappa shape index (κ2) is 7.92. The third-order valence-electron chi connectivity index (χ3n) is 4.76. The summed E-state index contributed by atoms with van der Waals surface area (Å²) in [5.41, 5.74) is 2.54. The van der Waals surface area contributed by atoms with Gasteiger partial charge in [-0.1, -0.05) is 5.16 Å². The van der Waals surface area contributed by atoms with Crippen molar-refractivity contribution < 1.29 is 19.2 Å². The van der Waals surface area contributed by atoms with E-state index in [1.54, 1.807) is 25.1 Å². The molecule has 140 valence electrons.